The molecule has 0 aromatic heterocycles. The molecule has 0 aromatic rings. The van der Waals surface area contributed by atoms with Gasteiger partial charge < -0.3 is 15.8 Å². The Bertz CT molecular complexity index is 349. The zero-order valence-electron chi connectivity index (χ0n) is 11.7. The lowest BCUT2D eigenvalue weighted by Crippen LogP contribution is -2.52. The van der Waals surface area contributed by atoms with Crippen LogP contribution in [0.25, 0.3) is 0 Å². The summed E-state index contributed by atoms with van der Waals surface area (Å²) >= 11 is 0. The van der Waals surface area contributed by atoms with Gasteiger partial charge in [-0.2, -0.15) is 13.2 Å². The fraction of sp³-hybridized carbons (Fsp3) is 0.923. The first-order valence-corrected chi connectivity index (χ1v) is 7.14. The number of ether oxygens (including phenoxy) is 1. The quantitative estimate of drug-likeness (QED) is 0.830. The van der Waals surface area contributed by atoms with Crippen molar-refractivity contribution in [3.05, 3.63) is 0 Å². The third-order valence-corrected chi connectivity index (χ3v) is 4.18. The summed E-state index contributed by atoms with van der Waals surface area (Å²) in [6, 6.07) is -1.75. The molecule has 2 fully saturated rings. The normalized spacial score (nSPS) is 28.2. The van der Waals surface area contributed by atoms with E-state index in [9.17, 15) is 18.0 Å². The first-order chi connectivity index (χ1) is 9.41. The molecule has 1 aliphatic heterocycles. The molecule has 1 aliphatic carbocycles. The molecule has 4 nitrogen and oxygen atoms in total. The number of hydrogen-bond acceptors (Lipinski definition) is 3. The number of carbonyl (C=O) groups excluding carboxylic acids is 1. The Kier molecular flexibility index (Phi) is 6.74. The van der Waals surface area contributed by atoms with Crippen LogP contribution in [-0.2, 0) is 9.53 Å². The standard InChI is InChI=1S/C13H21F3N2O2.ClH/c14-13(15,16)11(8-3-1-2-4-8)18-12(19)10-6-5-9(7-17)20-10;/h8-11H,1-7,17H2,(H,18,19);1H/t9-,10+,11?;/m1./s1. The predicted octanol–water partition coefficient (Wildman–Crippen LogP) is 2.15. The molecule has 21 heavy (non-hydrogen) atoms. The molecule has 1 saturated heterocycles. The van der Waals surface area contributed by atoms with Crippen molar-refractivity contribution in [1.82, 2.24) is 5.32 Å². The zero-order valence-corrected chi connectivity index (χ0v) is 12.5. The molecular weight excluding hydrogens is 309 g/mol. The third kappa shape index (κ3) is 4.72. The summed E-state index contributed by atoms with van der Waals surface area (Å²) in [6.45, 7) is 0.287. The Morgan fingerprint density at radius 3 is 2.33 bits per heavy atom. The van der Waals surface area contributed by atoms with Crippen molar-refractivity contribution in [2.24, 2.45) is 11.7 Å². The minimum atomic E-state index is -4.41. The minimum Gasteiger partial charge on any atom is -0.364 e. The molecular formula is C13H22ClF3N2O2. The average Bonchev–Trinajstić information content (AvgIpc) is 3.04. The largest absolute Gasteiger partial charge is 0.408 e. The molecule has 8 heteroatoms. The SMILES string of the molecule is Cl.NC[C@H]1CC[C@@H](C(=O)NC(C2CCCC2)C(F)(F)F)O1. The maximum absolute atomic E-state index is 13.1. The number of nitrogens with two attached hydrogens (primary N) is 1. The fourth-order valence-corrected chi connectivity index (χ4v) is 3.08. The molecule has 3 N–H and O–H groups in total. The van der Waals surface area contributed by atoms with E-state index in [1.54, 1.807) is 0 Å². The molecule has 124 valence electrons. The van der Waals surface area contributed by atoms with Crippen molar-refractivity contribution in [2.45, 2.75) is 63.0 Å². The van der Waals surface area contributed by atoms with E-state index in [4.69, 9.17) is 10.5 Å². The van der Waals surface area contributed by atoms with Crippen LogP contribution in [0.1, 0.15) is 38.5 Å². The molecule has 0 aromatic carbocycles. The van der Waals surface area contributed by atoms with Gasteiger partial charge in [0.2, 0.25) is 5.91 Å². The zero-order chi connectivity index (χ0) is 14.8. The molecule has 1 heterocycles. The average molecular weight is 331 g/mol. The van der Waals surface area contributed by atoms with Crippen LogP contribution in [0.2, 0.25) is 0 Å². The Balaban J connectivity index is 0.00000220. The van der Waals surface area contributed by atoms with E-state index >= 15 is 0 Å². The smallest absolute Gasteiger partial charge is 0.364 e. The summed E-state index contributed by atoms with van der Waals surface area (Å²) in [6.07, 6.45) is -1.75. The van der Waals surface area contributed by atoms with Gasteiger partial charge in [0.05, 0.1) is 6.10 Å². The monoisotopic (exact) mass is 330 g/mol. The Morgan fingerprint density at radius 1 is 1.24 bits per heavy atom. The first-order valence-electron chi connectivity index (χ1n) is 7.14. The van der Waals surface area contributed by atoms with Gasteiger partial charge in [-0.1, -0.05) is 12.8 Å². The molecule has 2 rings (SSSR count). The van der Waals surface area contributed by atoms with E-state index in [0.29, 0.717) is 25.7 Å². The van der Waals surface area contributed by atoms with Crippen molar-refractivity contribution in [1.29, 1.82) is 0 Å². The van der Waals surface area contributed by atoms with Gasteiger partial charge >= 0.3 is 6.18 Å². The molecule has 0 spiro atoms. The van der Waals surface area contributed by atoms with Gasteiger partial charge in [-0.15, -0.1) is 12.4 Å². The van der Waals surface area contributed by atoms with E-state index < -0.39 is 30.1 Å². The van der Waals surface area contributed by atoms with Crippen LogP contribution >= 0.6 is 12.4 Å². The van der Waals surface area contributed by atoms with Crippen LogP contribution in [0.5, 0.6) is 0 Å². The molecule has 0 radical (unpaired) electrons. The number of carbonyl (C=O) groups is 1. The topological polar surface area (TPSA) is 64.4 Å². The van der Waals surface area contributed by atoms with Crippen LogP contribution < -0.4 is 11.1 Å². The van der Waals surface area contributed by atoms with Gasteiger partial charge in [0, 0.05) is 6.54 Å². The second-order valence-corrected chi connectivity index (χ2v) is 5.63. The van der Waals surface area contributed by atoms with Crippen molar-refractivity contribution in [2.75, 3.05) is 6.54 Å². The van der Waals surface area contributed by atoms with E-state index in [1.807, 2.05) is 0 Å². The summed E-state index contributed by atoms with van der Waals surface area (Å²) in [5.74, 6) is -1.17. The van der Waals surface area contributed by atoms with Crippen molar-refractivity contribution < 1.29 is 22.7 Å². The van der Waals surface area contributed by atoms with Gasteiger partial charge in [0.1, 0.15) is 12.1 Å². The van der Waals surface area contributed by atoms with Crippen LogP contribution in [0.3, 0.4) is 0 Å². The Labute approximate surface area is 128 Å². The second-order valence-electron chi connectivity index (χ2n) is 5.63. The van der Waals surface area contributed by atoms with E-state index in [2.05, 4.69) is 5.32 Å². The number of halogens is 4. The molecule has 1 amide bonds. The van der Waals surface area contributed by atoms with Gasteiger partial charge in [-0.05, 0) is 31.6 Å². The lowest BCUT2D eigenvalue weighted by Gasteiger charge is -2.28. The summed E-state index contributed by atoms with van der Waals surface area (Å²) in [4.78, 5) is 11.9. The maximum atomic E-state index is 13.1. The van der Waals surface area contributed by atoms with E-state index in [1.165, 1.54) is 0 Å². The Hall–Kier alpha value is -0.530. The number of rotatable bonds is 4. The lowest BCUT2D eigenvalue weighted by atomic mass is 9.97. The van der Waals surface area contributed by atoms with Crippen molar-refractivity contribution >= 4 is 18.3 Å². The predicted molar refractivity (Wildman–Crippen MR) is 74.1 cm³/mol. The molecule has 3 atom stereocenters. The number of nitrogens with one attached hydrogen (secondary N) is 1. The van der Waals surface area contributed by atoms with Gasteiger partial charge in [-0.3, -0.25) is 4.79 Å². The highest BCUT2D eigenvalue weighted by Crippen LogP contribution is 2.36. The van der Waals surface area contributed by atoms with Gasteiger partial charge in [0.15, 0.2) is 0 Å². The number of hydrogen-bond donors (Lipinski definition) is 2. The minimum absolute atomic E-state index is 0. The number of alkyl halides is 3. The highest BCUT2D eigenvalue weighted by atomic mass is 35.5. The molecule has 1 saturated carbocycles. The fourth-order valence-electron chi connectivity index (χ4n) is 3.08. The van der Waals surface area contributed by atoms with Crippen LogP contribution in [0.4, 0.5) is 13.2 Å². The van der Waals surface area contributed by atoms with E-state index in [0.717, 1.165) is 12.8 Å². The first kappa shape index (κ1) is 18.5. The maximum Gasteiger partial charge on any atom is 0.408 e. The summed E-state index contributed by atoms with van der Waals surface area (Å²) in [7, 11) is 0. The summed E-state index contributed by atoms with van der Waals surface area (Å²) in [5, 5.41) is 2.16. The summed E-state index contributed by atoms with van der Waals surface area (Å²) in [5.41, 5.74) is 5.43. The van der Waals surface area contributed by atoms with Crippen molar-refractivity contribution in [3.8, 4) is 0 Å². The lowest BCUT2D eigenvalue weighted by molar-refractivity contribution is -0.174. The highest BCUT2D eigenvalue weighted by molar-refractivity contribution is 5.85. The molecule has 0 bridgehead atoms. The van der Waals surface area contributed by atoms with Crippen LogP contribution in [0, 0.1) is 5.92 Å². The molecule has 1 unspecified atom stereocenters. The Morgan fingerprint density at radius 2 is 1.86 bits per heavy atom. The number of amides is 1. The van der Waals surface area contributed by atoms with Crippen LogP contribution in [0.15, 0.2) is 0 Å². The van der Waals surface area contributed by atoms with Crippen molar-refractivity contribution in [3.63, 3.8) is 0 Å². The summed E-state index contributed by atoms with van der Waals surface area (Å²) < 4.78 is 44.6. The highest BCUT2D eigenvalue weighted by Gasteiger charge is 2.47. The molecule has 2 aliphatic rings. The third-order valence-electron chi connectivity index (χ3n) is 4.18. The van der Waals surface area contributed by atoms with Crippen LogP contribution in [-0.4, -0.2) is 36.9 Å². The van der Waals surface area contributed by atoms with E-state index in [-0.39, 0.29) is 25.1 Å². The van der Waals surface area contributed by atoms with Gasteiger partial charge in [0.25, 0.3) is 0 Å². The second kappa shape index (κ2) is 7.65. The van der Waals surface area contributed by atoms with Gasteiger partial charge in [-0.25, -0.2) is 0 Å².